The molecule has 0 fully saturated rings. The highest BCUT2D eigenvalue weighted by Crippen LogP contribution is 2.30. The maximum atomic E-state index is 12.4. The number of hydrogen-bond acceptors (Lipinski definition) is 6. The number of ether oxygens (including phenoxy) is 3. The molecule has 1 heterocycles. The number of nitrogens with zero attached hydrogens (tertiary/aromatic N) is 1. The normalized spacial score (nSPS) is 10.7. The molecular weight excluding hydrogens is 417 g/mol. The third-order valence-electron chi connectivity index (χ3n) is 4.33. The Hall–Kier alpha value is -2.70. The molecule has 3 aromatic rings. The number of carbonyl (C=O) groups excluding carboxylic acids is 1. The van der Waals surface area contributed by atoms with Crippen molar-refractivity contribution in [1.29, 1.82) is 0 Å². The molecular formula is C21H19Cl2NO5. The lowest BCUT2D eigenvalue weighted by molar-refractivity contribution is 0.0470. The third kappa shape index (κ3) is 5.02. The Morgan fingerprint density at radius 1 is 1.07 bits per heavy atom. The first-order valence-corrected chi connectivity index (χ1v) is 9.48. The molecule has 0 aliphatic carbocycles. The maximum Gasteiger partial charge on any atom is 0.338 e. The highest BCUT2D eigenvalue weighted by Gasteiger charge is 2.16. The van der Waals surface area contributed by atoms with Gasteiger partial charge in [0.2, 0.25) is 0 Å². The Bertz CT molecular complexity index is 1010. The number of rotatable bonds is 7. The van der Waals surface area contributed by atoms with E-state index in [1.807, 2.05) is 0 Å². The highest BCUT2D eigenvalue weighted by atomic mass is 35.5. The first kappa shape index (κ1) is 21.0. The Kier molecular flexibility index (Phi) is 6.67. The summed E-state index contributed by atoms with van der Waals surface area (Å²) in [7, 11) is 1.50. The zero-order valence-corrected chi connectivity index (χ0v) is 17.6. The Balaban J connectivity index is 1.68. The quantitative estimate of drug-likeness (QED) is 0.453. The molecule has 0 spiro atoms. The summed E-state index contributed by atoms with van der Waals surface area (Å²) < 4.78 is 21.6. The SMILES string of the molecule is COc1cc(C(=O)OCc2c(C)noc2C)ccc1OCc1ccc(Cl)cc1Cl. The van der Waals surface area contributed by atoms with E-state index in [0.717, 1.165) is 11.1 Å². The van der Waals surface area contributed by atoms with Crippen LogP contribution in [0.25, 0.3) is 0 Å². The van der Waals surface area contributed by atoms with E-state index in [0.29, 0.717) is 38.6 Å². The number of aromatic nitrogens is 1. The zero-order valence-electron chi connectivity index (χ0n) is 16.1. The van der Waals surface area contributed by atoms with E-state index < -0.39 is 5.97 Å². The smallest absolute Gasteiger partial charge is 0.338 e. The monoisotopic (exact) mass is 435 g/mol. The van der Waals surface area contributed by atoms with Crippen molar-refractivity contribution in [3.05, 3.63) is 74.6 Å². The van der Waals surface area contributed by atoms with Gasteiger partial charge in [0.25, 0.3) is 0 Å². The van der Waals surface area contributed by atoms with Crippen molar-refractivity contribution >= 4 is 29.2 Å². The van der Waals surface area contributed by atoms with Crippen LogP contribution in [0.3, 0.4) is 0 Å². The van der Waals surface area contributed by atoms with Gasteiger partial charge in [-0.1, -0.05) is 34.4 Å². The summed E-state index contributed by atoms with van der Waals surface area (Å²) in [4.78, 5) is 12.4. The second-order valence-electron chi connectivity index (χ2n) is 6.27. The van der Waals surface area contributed by atoms with E-state index in [1.54, 1.807) is 50.2 Å². The molecule has 29 heavy (non-hydrogen) atoms. The topological polar surface area (TPSA) is 70.8 Å². The van der Waals surface area contributed by atoms with Crippen LogP contribution in [-0.4, -0.2) is 18.2 Å². The third-order valence-corrected chi connectivity index (χ3v) is 4.91. The van der Waals surface area contributed by atoms with Gasteiger partial charge in [-0.2, -0.15) is 0 Å². The van der Waals surface area contributed by atoms with E-state index >= 15 is 0 Å². The van der Waals surface area contributed by atoms with Gasteiger partial charge in [0.1, 0.15) is 19.0 Å². The second kappa shape index (κ2) is 9.20. The van der Waals surface area contributed by atoms with E-state index in [1.165, 1.54) is 7.11 Å². The molecule has 0 bridgehead atoms. The average molecular weight is 436 g/mol. The average Bonchev–Trinajstić information content (AvgIpc) is 3.03. The lowest BCUT2D eigenvalue weighted by Crippen LogP contribution is -2.07. The minimum Gasteiger partial charge on any atom is -0.493 e. The molecule has 3 rings (SSSR count). The van der Waals surface area contributed by atoms with Crippen LogP contribution in [0.2, 0.25) is 10.0 Å². The molecule has 8 heteroatoms. The molecule has 2 aromatic carbocycles. The molecule has 0 amide bonds. The Morgan fingerprint density at radius 3 is 2.52 bits per heavy atom. The zero-order chi connectivity index (χ0) is 21.0. The van der Waals surface area contributed by atoms with Crippen molar-refractivity contribution in [1.82, 2.24) is 5.16 Å². The van der Waals surface area contributed by atoms with Crippen LogP contribution in [0.5, 0.6) is 11.5 Å². The fourth-order valence-electron chi connectivity index (χ4n) is 2.64. The van der Waals surface area contributed by atoms with Crippen molar-refractivity contribution in [2.45, 2.75) is 27.1 Å². The van der Waals surface area contributed by atoms with E-state index in [2.05, 4.69) is 5.16 Å². The number of halogens is 2. The molecule has 0 N–H and O–H groups in total. The minimum absolute atomic E-state index is 0.0790. The van der Waals surface area contributed by atoms with Crippen LogP contribution >= 0.6 is 23.2 Å². The summed E-state index contributed by atoms with van der Waals surface area (Å²) in [6.45, 7) is 3.87. The molecule has 0 atom stereocenters. The van der Waals surface area contributed by atoms with E-state index in [-0.39, 0.29) is 13.2 Å². The van der Waals surface area contributed by atoms with Gasteiger partial charge in [0.05, 0.1) is 23.9 Å². The van der Waals surface area contributed by atoms with Crippen molar-refractivity contribution in [3.8, 4) is 11.5 Å². The van der Waals surface area contributed by atoms with Crippen molar-refractivity contribution in [2.75, 3.05) is 7.11 Å². The number of benzene rings is 2. The van der Waals surface area contributed by atoms with Gasteiger partial charge < -0.3 is 18.7 Å². The second-order valence-corrected chi connectivity index (χ2v) is 7.11. The van der Waals surface area contributed by atoms with Crippen LogP contribution < -0.4 is 9.47 Å². The van der Waals surface area contributed by atoms with Gasteiger partial charge in [-0.15, -0.1) is 0 Å². The van der Waals surface area contributed by atoms with Crippen molar-refractivity contribution < 1.29 is 23.5 Å². The standard InChI is InChI=1S/C21H19Cl2NO5/c1-12-17(13(2)29-24-12)11-28-21(25)14-5-7-19(20(8-14)26-3)27-10-15-4-6-16(22)9-18(15)23/h4-9H,10-11H2,1-3H3. The molecule has 1 aromatic heterocycles. The summed E-state index contributed by atoms with van der Waals surface area (Å²) in [6, 6.07) is 10.00. The molecule has 6 nitrogen and oxygen atoms in total. The lowest BCUT2D eigenvalue weighted by Gasteiger charge is -2.13. The Morgan fingerprint density at radius 2 is 1.86 bits per heavy atom. The van der Waals surface area contributed by atoms with E-state index in [9.17, 15) is 4.79 Å². The van der Waals surface area contributed by atoms with E-state index in [4.69, 9.17) is 41.9 Å². The number of methoxy groups -OCH3 is 1. The van der Waals surface area contributed by atoms with Crippen LogP contribution in [0.15, 0.2) is 40.9 Å². The van der Waals surface area contributed by atoms with Gasteiger partial charge in [0, 0.05) is 15.6 Å². The summed E-state index contributed by atoms with van der Waals surface area (Å²) >= 11 is 12.1. The molecule has 0 saturated heterocycles. The van der Waals surface area contributed by atoms with Crippen molar-refractivity contribution in [2.24, 2.45) is 0 Å². The van der Waals surface area contributed by atoms with Gasteiger partial charge in [-0.3, -0.25) is 0 Å². The number of hydrogen-bond donors (Lipinski definition) is 0. The van der Waals surface area contributed by atoms with Crippen LogP contribution in [0.1, 0.15) is 32.9 Å². The summed E-state index contributed by atoms with van der Waals surface area (Å²) in [5.74, 6) is 1.01. The summed E-state index contributed by atoms with van der Waals surface area (Å²) in [5, 5.41) is 4.90. The number of carbonyl (C=O) groups is 1. The molecule has 0 aliphatic rings. The predicted octanol–water partition coefficient (Wildman–Crippen LogP) is 5.54. The van der Waals surface area contributed by atoms with Crippen LogP contribution in [0.4, 0.5) is 0 Å². The number of esters is 1. The fourth-order valence-corrected chi connectivity index (χ4v) is 3.10. The van der Waals surface area contributed by atoms with Crippen molar-refractivity contribution in [3.63, 3.8) is 0 Å². The molecule has 0 unspecified atom stereocenters. The van der Waals surface area contributed by atoms with Gasteiger partial charge in [0.15, 0.2) is 11.5 Å². The summed E-state index contributed by atoms with van der Waals surface area (Å²) in [6.07, 6.45) is 0. The molecule has 152 valence electrons. The lowest BCUT2D eigenvalue weighted by atomic mass is 10.2. The minimum atomic E-state index is -0.490. The van der Waals surface area contributed by atoms with Crippen LogP contribution in [0, 0.1) is 13.8 Å². The van der Waals surface area contributed by atoms with Crippen LogP contribution in [-0.2, 0) is 18.0 Å². The number of aryl methyl sites for hydroxylation is 2. The van der Waals surface area contributed by atoms with Gasteiger partial charge >= 0.3 is 5.97 Å². The van der Waals surface area contributed by atoms with Gasteiger partial charge in [-0.05, 0) is 44.2 Å². The first-order chi connectivity index (χ1) is 13.9. The predicted molar refractivity (Wildman–Crippen MR) is 109 cm³/mol. The highest BCUT2D eigenvalue weighted by molar-refractivity contribution is 6.35. The molecule has 0 saturated carbocycles. The fraction of sp³-hybridized carbons (Fsp3) is 0.238. The largest absolute Gasteiger partial charge is 0.493 e. The maximum absolute atomic E-state index is 12.4. The Labute approximate surface area is 178 Å². The first-order valence-electron chi connectivity index (χ1n) is 8.72. The van der Waals surface area contributed by atoms with Gasteiger partial charge in [-0.25, -0.2) is 4.79 Å². The molecule has 0 radical (unpaired) electrons. The summed E-state index contributed by atoms with van der Waals surface area (Å²) in [5.41, 5.74) is 2.56. The molecule has 0 aliphatic heterocycles.